The van der Waals surface area contributed by atoms with E-state index in [2.05, 4.69) is 30.9 Å². The molecule has 0 N–H and O–H groups in total. The van der Waals surface area contributed by atoms with Gasteiger partial charge in [-0.2, -0.15) is 0 Å². The molecule has 176 valence electrons. The molecule has 3 nitrogen and oxygen atoms in total. The first-order valence-electron chi connectivity index (χ1n) is 12.9. The van der Waals surface area contributed by atoms with Gasteiger partial charge in [0.2, 0.25) is 5.78 Å². The van der Waals surface area contributed by atoms with E-state index in [9.17, 15) is 9.59 Å². The SMILES string of the molecule is CCCC#CC(=O)C(C)OC(=O)c1ccc([C@H]2CC[C@H](CCCCCCCC)CC2)cc1. The minimum absolute atomic E-state index is 0.346. The van der Waals surface area contributed by atoms with Gasteiger partial charge < -0.3 is 4.74 Å². The van der Waals surface area contributed by atoms with Crippen molar-refractivity contribution in [2.24, 2.45) is 5.92 Å². The summed E-state index contributed by atoms with van der Waals surface area (Å²) in [4.78, 5) is 24.3. The highest BCUT2D eigenvalue weighted by molar-refractivity contribution is 6.01. The third-order valence-electron chi connectivity index (χ3n) is 6.67. The van der Waals surface area contributed by atoms with Crippen LogP contribution in [0.25, 0.3) is 0 Å². The Kier molecular flexibility index (Phi) is 12.2. The molecular formula is C29H42O3. The fourth-order valence-electron chi connectivity index (χ4n) is 4.55. The number of esters is 1. The van der Waals surface area contributed by atoms with Crippen LogP contribution in [0.3, 0.4) is 0 Å². The maximum absolute atomic E-state index is 12.4. The second-order valence-corrected chi connectivity index (χ2v) is 9.36. The number of ether oxygens (including phenoxy) is 1. The van der Waals surface area contributed by atoms with Crippen molar-refractivity contribution in [3.63, 3.8) is 0 Å². The van der Waals surface area contributed by atoms with E-state index in [1.165, 1.54) is 76.2 Å². The van der Waals surface area contributed by atoms with Crippen molar-refractivity contribution >= 4 is 11.8 Å². The maximum atomic E-state index is 12.4. The van der Waals surface area contributed by atoms with Crippen LogP contribution in [0.2, 0.25) is 0 Å². The normalized spacial score (nSPS) is 19.0. The van der Waals surface area contributed by atoms with Gasteiger partial charge in [-0.1, -0.05) is 76.8 Å². The van der Waals surface area contributed by atoms with Gasteiger partial charge in [-0.25, -0.2) is 4.79 Å². The number of unbranched alkanes of at least 4 members (excludes halogenated alkanes) is 6. The molecule has 1 atom stereocenters. The first-order chi connectivity index (χ1) is 15.5. The quantitative estimate of drug-likeness (QED) is 0.146. The third kappa shape index (κ3) is 9.19. The molecule has 1 aromatic carbocycles. The molecule has 0 saturated heterocycles. The van der Waals surface area contributed by atoms with Crippen LogP contribution in [-0.4, -0.2) is 17.9 Å². The number of carbonyl (C=O) groups excluding carboxylic acids is 2. The lowest BCUT2D eigenvalue weighted by molar-refractivity contribution is -0.121. The summed E-state index contributed by atoms with van der Waals surface area (Å²) in [6.07, 6.45) is 15.5. The fraction of sp³-hybridized carbons (Fsp3) is 0.655. The van der Waals surface area contributed by atoms with Crippen LogP contribution in [0.4, 0.5) is 0 Å². The molecule has 0 radical (unpaired) electrons. The Hall–Kier alpha value is -2.08. The Labute approximate surface area is 195 Å². The summed E-state index contributed by atoms with van der Waals surface area (Å²) in [5.74, 6) is 6.04. The standard InChI is InChI=1S/C29H42O3/c1-4-6-8-9-10-12-13-24-15-17-25(18-16-24)26-19-21-27(22-20-26)29(31)32-23(3)28(30)14-11-7-5-2/h19-25H,4-10,12-13,15-18H2,1-3H3/t23?,24-,25-. The van der Waals surface area contributed by atoms with Crippen molar-refractivity contribution < 1.29 is 14.3 Å². The molecule has 0 bridgehead atoms. The predicted octanol–water partition coefficient (Wildman–Crippen LogP) is 7.63. The number of hydrogen-bond donors (Lipinski definition) is 0. The van der Waals surface area contributed by atoms with Crippen LogP contribution in [0, 0.1) is 17.8 Å². The van der Waals surface area contributed by atoms with Crippen molar-refractivity contribution in [3.8, 4) is 11.8 Å². The summed E-state index contributed by atoms with van der Waals surface area (Å²) in [7, 11) is 0. The fourth-order valence-corrected chi connectivity index (χ4v) is 4.55. The lowest BCUT2D eigenvalue weighted by atomic mass is 9.77. The number of rotatable bonds is 12. The predicted molar refractivity (Wildman–Crippen MR) is 132 cm³/mol. The van der Waals surface area contributed by atoms with E-state index in [0.29, 0.717) is 17.9 Å². The molecule has 1 unspecified atom stereocenters. The van der Waals surface area contributed by atoms with Crippen molar-refractivity contribution in [1.29, 1.82) is 0 Å². The molecule has 0 heterocycles. The lowest BCUT2D eigenvalue weighted by Crippen LogP contribution is -2.23. The van der Waals surface area contributed by atoms with Gasteiger partial charge in [0.15, 0.2) is 6.10 Å². The molecule has 3 heteroatoms. The Bertz CT molecular complexity index is 745. The van der Waals surface area contributed by atoms with Crippen molar-refractivity contribution in [1.82, 2.24) is 0 Å². The molecule has 1 aromatic rings. The maximum Gasteiger partial charge on any atom is 0.338 e. The average molecular weight is 439 g/mol. The van der Waals surface area contributed by atoms with E-state index in [1.54, 1.807) is 6.92 Å². The van der Waals surface area contributed by atoms with E-state index in [1.807, 2.05) is 19.1 Å². The zero-order valence-corrected chi connectivity index (χ0v) is 20.5. The van der Waals surface area contributed by atoms with Gasteiger partial charge >= 0.3 is 5.97 Å². The van der Waals surface area contributed by atoms with Gasteiger partial charge in [-0.3, -0.25) is 4.79 Å². The summed E-state index contributed by atoms with van der Waals surface area (Å²) in [5.41, 5.74) is 1.81. The zero-order chi connectivity index (χ0) is 23.2. The van der Waals surface area contributed by atoms with E-state index < -0.39 is 12.1 Å². The minimum atomic E-state index is -0.839. The topological polar surface area (TPSA) is 43.4 Å². The smallest absolute Gasteiger partial charge is 0.338 e. The summed E-state index contributed by atoms with van der Waals surface area (Å²) < 4.78 is 5.31. The number of hydrogen-bond acceptors (Lipinski definition) is 3. The molecule has 1 aliphatic carbocycles. The first kappa shape index (κ1) is 26.2. The first-order valence-corrected chi connectivity index (χ1v) is 12.9. The Morgan fingerprint density at radius 1 is 0.938 bits per heavy atom. The number of benzene rings is 1. The molecule has 0 aromatic heterocycles. The molecule has 1 saturated carbocycles. The van der Waals surface area contributed by atoms with E-state index in [-0.39, 0.29) is 5.78 Å². The van der Waals surface area contributed by atoms with E-state index in [4.69, 9.17) is 4.74 Å². The Morgan fingerprint density at radius 3 is 2.25 bits per heavy atom. The van der Waals surface area contributed by atoms with Gasteiger partial charge in [0.1, 0.15) is 0 Å². The molecule has 1 fully saturated rings. The lowest BCUT2D eigenvalue weighted by Gasteiger charge is -2.29. The van der Waals surface area contributed by atoms with Crippen LogP contribution in [0.1, 0.15) is 126 Å². The van der Waals surface area contributed by atoms with Gasteiger partial charge in [-0.05, 0) is 74.5 Å². The third-order valence-corrected chi connectivity index (χ3v) is 6.67. The Balaban J connectivity index is 1.74. The highest BCUT2D eigenvalue weighted by Crippen LogP contribution is 2.37. The van der Waals surface area contributed by atoms with Crippen LogP contribution in [0.5, 0.6) is 0 Å². The molecule has 0 aliphatic heterocycles. The van der Waals surface area contributed by atoms with Gasteiger partial charge in [0.25, 0.3) is 0 Å². The van der Waals surface area contributed by atoms with Crippen LogP contribution >= 0.6 is 0 Å². The summed E-state index contributed by atoms with van der Waals surface area (Å²) >= 11 is 0. The van der Waals surface area contributed by atoms with Crippen molar-refractivity contribution in [3.05, 3.63) is 35.4 Å². The summed E-state index contributed by atoms with van der Waals surface area (Å²) in [5, 5.41) is 0. The van der Waals surface area contributed by atoms with Gasteiger partial charge in [0.05, 0.1) is 5.56 Å². The minimum Gasteiger partial charge on any atom is -0.450 e. The highest BCUT2D eigenvalue weighted by atomic mass is 16.5. The Morgan fingerprint density at radius 2 is 1.59 bits per heavy atom. The number of Topliss-reactive ketones (excluding diaryl/α,β-unsaturated/α-hetero) is 1. The van der Waals surface area contributed by atoms with Crippen molar-refractivity contribution in [2.75, 3.05) is 0 Å². The second-order valence-electron chi connectivity index (χ2n) is 9.36. The van der Waals surface area contributed by atoms with Gasteiger partial charge in [-0.15, -0.1) is 0 Å². The van der Waals surface area contributed by atoms with Crippen molar-refractivity contribution in [2.45, 2.75) is 116 Å². The highest BCUT2D eigenvalue weighted by Gasteiger charge is 2.23. The summed E-state index contributed by atoms with van der Waals surface area (Å²) in [6.45, 7) is 5.86. The summed E-state index contributed by atoms with van der Waals surface area (Å²) in [6, 6.07) is 7.78. The number of carbonyl (C=O) groups is 2. The van der Waals surface area contributed by atoms with Crippen LogP contribution in [-0.2, 0) is 9.53 Å². The molecule has 1 aliphatic rings. The molecule has 2 rings (SSSR count). The molecular weight excluding hydrogens is 396 g/mol. The molecule has 0 spiro atoms. The van der Waals surface area contributed by atoms with Gasteiger partial charge in [0, 0.05) is 6.42 Å². The largest absolute Gasteiger partial charge is 0.450 e. The zero-order valence-electron chi connectivity index (χ0n) is 20.5. The second kappa shape index (κ2) is 14.9. The monoisotopic (exact) mass is 438 g/mol. The van der Waals surface area contributed by atoms with E-state index >= 15 is 0 Å². The molecule has 0 amide bonds. The van der Waals surface area contributed by atoms with Crippen LogP contribution in [0.15, 0.2) is 24.3 Å². The average Bonchev–Trinajstić information content (AvgIpc) is 2.82. The van der Waals surface area contributed by atoms with E-state index in [0.717, 1.165) is 12.3 Å². The van der Waals surface area contributed by atoms with Crippen LogP contribution < -0.4 is 0 Å². The number of ketones is 1. The molecule has 32 heavy (non-hydrogen) atoms.